The summed E-state index contributed by atoms with van der Waals surface area (Å²) in [6.07, 6.45) is 3.57. The van der Waals surface area contributed by atoms with Crippen molar-refractivity contribution >= 4 is 32.7 Å². The van der Waals surface area contributed by atoms with Gasteiger partial charge < -0.3 is 4.42 Å². The van der Waals surface area contributed by atoms with Crippen LogP contribution < -0.4 is 0 Å². The number of rotatable bonds is 3. The minimum Gasteiger partial charge on any atom is -0.454 e. The Balaban J connectivity index is 1.29. The highest BCUT2D eigenvalue weighted by atomic mass is 16.3. The van der Waals surface area contributed by atoms with E-state index < -0.39 is 0 Å². The molecule has 0 saturated heterocycles. The van der Waals surface area contributed by atoms with Gasteiger partial charge in [0.2, 0.25) is 0 Å². The zero-order chi connectivity index (χ0) is 26.9. The fourth-order valence-corrected chi connectivity index (χ4v) is 6.12. The maximum atomic E-state index is 6.12. The van der Waals surface area contributed by atoms with Crippen LogP contribution in [0.15, 0.2) is 126 Å². The first kappa shape index (κ1) is 22.2. The van der Waals surface area contributed by atoms with Gasteiger partial charge in [-0.1, -0.05) is 97.1 Å². The number of aromatic nitrogens is 4. The summed E-state index contributed by atoms with van der Waals surface area (Å²) in [6.45, 7) is 0. The summed E-state index contributed by atoms with van der Waals surface area (Å²) >= 11 is 0. The van der Waals surface area contributed by atoms with Crippen LogP contribution in [-0.2, 0) is 0 Å². The van der Waals surface area contributed by atoms with Crippen LogP contribution >= 0.6 is 0 Å². The molecule has 0 unspecified atom stereocenters. The zero-order valence-electron chi connectivity index (χ0n) is 21.7. The van der Waals surface area contributed by atoms with Gasteiger partial charge in [-0.25, -0.2) is 15.0 Å². The minimum atomic E-state index is 0.560. The van der Waals surface area contributed by atoms with Gasteiger partial charge in [0, 0.05) is 33.7 Å². The minimum absolute atomic E-state index is 0.560. The fourth-order valence-electron chi connectivity index (χ4n) is 6.12. The van der Waals surface area contributed by atoms with Crippen molar-refractivity contribution < 1.29 is 4.42 Å². The van der Waals surface area contributed by atoms with Crippen LogP contribution in [0.5, 0.6) is 0 Å². The Kier molecular flexibility index (Phi) is 4.55. The Morgan fingerprint density at radius 3 is 2.02 bits per heavy atom. The first-order valence-corrected chi connectivity index (χ1v) is 13.6. The molecule has 0 amide bonds. The molecule has 3 aromatic heterocycles. The van der Waals surface area contributed by atoms with Crippen LogP contribution in [0.25, 0.3) is 89.1 Å². The summed E-state index contributed by atoms with van der Waals surface area (Å²) in [5.74, 6) is 1.79. The molecular weight excluding hydrogens is 504 g/mol. The molecule has 190 valence electrons. The third-order valence-corrected chi connectivity index (χ3v) is 7.96. The van der Waals surface area contributed by atoms with Gasteiger partial charge >= 0.3 is 0 Å². The van der Waals surface area contributed by atoms with E-state index in [-0.39, 0.29) is 0 Å². The van der Waals surface area contributed by atoms with Crippen molar-refractivity contribution in [3.8, 4) is 56.4 Å². The van der Waals surface area contributed by atoms with Crippen molar-refractivity contribution in [1.82, 2.24) is 19.9 Å². The molecule has 0 bridgehead atoms. The second-order valence-corrected chi connectivity index (χ2v) is 10.3. The van der Waals surface area contributed by atoms with Gasteiger partial charge in [0.05, 0.1) is 6.20 Å². The highest BCUT2D eigenvalue weighted by Gasteiger charge is 2.23. The van der Waals surface area contributed by atoms with E-state index in [1.165, 1.54) is 33.0 Å². The first-order valence-electron chi connectivity index (χ1n) is 13.6. The van der Waals surface area contributed by atoms with Gasteiger partial charge in [0.1, 0.15) is 5.58 Å². The highest BCUT2D eigenvalue weighted by molar-refractivity contribution is 6.15. The van der Waals surface area contributed by atoms with Crippen LogP contribution in [0.4, 0.5) is 0 Å². The summed E-state index contributed by atoms with van der Waals surface area (Å²) in [6, 6.07) is 37.6. The lowest BCUT2D eigenvalue weighted by Crippen LogP contribution is -2.01. The van der Waals surface area contributed by atoms with Gasteiger partial charge in [-0.05, 0) is 45.2 Å². The lowest BCUT2D eigenvalue weighted by atomic mass is 10.0. The van der Waals surface area contributed by atoms with Crippen molar-refractivity contribution in [3.05, 3.63) is 122 Å². The third kappa shape index (κ3) is 3.29. The molecule has 1 aliphatic rings. The van der Waals surface area contributed by atoms with Crippen LogP contribution in [0, 0.1) is 0 Å². The third-order valence-electron chi connectivity index (χ3n) is 7.96. The topological polar surface area (TPSA) is 64.7 Å². The Bertz CT molecular complexity index is 2320. The molecule has 5 heteroatoms. The van der Waals surface area contributed by atoms with Crippen molar-refractivity contribution in [2.45, 2.75) is 0 Å². The molecule has 41 heavy (non-hydrogen) atoms. The maximum absolute atomic E-state index is 6.12. The second kappa shape index (κ2) is 8.41. The van der Waals surface area contributed by atoms with E-state index in [1.54, 1.807) is 6.20 Å². The van der Waals surface area contributed by atoms with Crippen LogP contribution in [0.3, 0.4) is 0 Å². The number of benzene rings is 5. The Hall–Kier alpha value is -5.68. The predicted octanol–water partition coefficient (Wildman–Crippen LogP) is 8.97. The van der Waals surface area contributed by atoms with Crippen molar-refractivity contribution in [2.24, 2.45) is 0 Å². The summed E-state index contributed by atoms with van der Waals surface area (Å²) in [5, 5.41) is 4.50. The number of furan rings is 1. The number of nitrogens with zero attached hydrogens (tertiary/aromatic N) is 4. The fraction of sp³-hybridized carbons (Fsp3) is 0. The monoisotopic (exact) mass is 524 g/mol. The average Bonchev–Trinajstić information content (AvgIpc) is 3.58. The zero-order valence-corrected chi connectivity index (χ0v) is 21.7. The lowest BCUT2D eigenvalue weighted by Gasteiger charge is -2.10. The van der Waals surface area contributed by atoms with Crippen molar-refractivity contribution in [1.29, 1.82) is 0 Å². The molecule has 9 rings (SSSR count). The molecular formula is C36H20N4O. The molecule has 0 fully saturated rings. The number of hydrogen-bond acceptors (Lipinski definition) is 5. The summed E-state index contributed by atoms with van der Waals surface area (Å²) < 4.78 is 6.12. The van der Waals surface area contributed by atoms with E-state index in [0.717, 1.165) is 33.0 Å². The summed E-state index contributed by atoms with van der Waals surface area (Å²) in [4.78, 5) is 19.5. The number of fused-ring (bicyclic) bond motifs is 6. The van der Waals surface area contributed by atoms with Gasteiger partial charge in [-0.2, -0.15) is 0 Å². The van der Waals surface area contributed by atoms with E-state index in [2.05, 4.69) is 65.6 Å². The van der Waals surface area contributed by atoms with Crippen LogP contribution in [0.1, 0.15) is 0 Å². The van der Waals surface area contributed by atoms with Gasteiger partial charge in [0.15, 0.2) is 23.1 Å². The first-order chi connectivity index (χ1) is 20.3. The molecule has 0 N–H and O–H groups in total. The molecule has 0 spiro atoms. The normalized spacial score (nSPS) is 11.9. The quantitative estimate of drug-likeness (QED) is 0.231. The van der Waals surface area contributed by atoms with E-state index in [0.29, 0.717) is 23.1 Å². The van der Waals surface area contributed by atoms with Crippen molar-refractivity contribution in [2.75, 3.05) is 0 Å². The van der Waals surface area contributed by atoms with E-state index >= 15 is 0 Å². The highest BCUT2D eigenvalue weighted by Crippen LogP contribution is 2.48. The van der Waals surface area contributed by atoms with Gasteiger partial charge in [-0.3, -0.25) is 4.98 Å². The standard InChI is InChI=1S/C36H20N4O/c1-2-8-22(9-3-1)34-38-35(23-16-17-24-25-13-6-10-21-11-7-14-26(32(21)25)28(24)18-23)40-36(39-34)29-19-37-20-31-33(29)27-12-4-5-15-30(27)41-31/h1-20H. The predicted molar refractivity (Wildman–Crippen MR) is 163 cm³/mol. The molecule has 0 radical (unpaired) electrons. The number of para-hydroxylation sites is 1. The smallest absolute Gasteiger partial charge is 0.166 e. The van der Waals surface area contributed by atoms with Crippen LogP contribution in [-0.4, -0.2) is 19.9 Å². The van der Waals surface area contributed by atoms with Crippen molar-refractivity contribution in [3.63, 3.8) is 0 Å². The maximum Gasteiger partial charge on any atom is 0.166 e. The SMILES string of the molecule is c1ccc(-c2nc(-c3ccc4c(c3)-c3cccc5cccc-4c35)nc(-c3cncc4oc5ccccc5c34)n2)cc1. The molecule has 5 aromatic carbocycles. The summed E-state index contributed by atoms with van der Waals surface area (Å²) in [7, 11) is 0. The van der Waals surface area contributed by atoms with Gasteiger partial charge in [0.25, 0.3) is 0 Å². The van der Waals surface area contributed by atoms with Crippen LogP contribution in [0.2, 0.25) is 0 Å². The van der Waals surface area contributed by atoms with E-state index in [4.69, 9.17) is 19.4 Å². The van der Waals surface area contributed by atoms with E-state index in [9.17, 15) is 0 Å². The molecule has 0 aliphatic heterocycles. The molecule has 3 heterocycles. The largest absolute Gasteiger partial charge is 0.454 e. The summed E-state index contributed by atoms with van der Waals surface area (Å²) in [5.41, 5.74) is 9.12. The molecule has 1 aliphatic carbocycles. The molecule has 5 nitrogen and oxygen atoms in total. The lowest BCUT2D eigenvalue weighted by molar-refractivity contribution is 0.667. The molecule has 0 saturated carbocycles. The number of pyridine rings is 1. The number of hydrogen-bond donors (Lipinski definition) is 0. The second-order valence-electron chi connectivity index (χ2n) is 10.3. The average molecular weight is 525 g/mol. The Morgan fingerprint density at radius 1 is 0.439 bits per heavy atom. The Labute approximate surface area is 234 Å². The molecule has 0 atom stereocenters. The molecule has 8 aromatic rings. The Morgan fingerprint density at radius 2 is 1.17 bits per heavy atom. The van der Waals surface area contributed by atoms with Gasteiger partial charge in [-0.15, -0.1) is 0 Å². The van der Waals surface area contributed by atoms with E-state index in [1.807, 2.05) is 54.7 Å².